The van der Waals surface area contributed by atoms with E-state index in [1.807, 2.05) is 20.8 Å². The third kappa shape index (κ3) is 1.63. The second-order valence-corrected chi connectivity index (χ2v) is 3.77. The van der Waals surface area contributed by atoms with Gasteiger partial charge in [0.25, 0.3) is 0 Å². The fraction of sp³-hybridized carbons (Fsp3) is 1.00. The van der Waals surface area contributed by atoms with Crippen LogP contribution in [0.25, 0.3) is 0 Å². The predicted octanol–water partition coefficient (Wildman–Crippen LogP) is 0.399. The van der Waals surface area contributed by atoms with E-state index in [2.05, 4.69) is 0 Å². The van der Waals surface area contributed by atoms with Crippen LogP contribution in [0.2, 0.25) is 0 Å². The average molecular weight is 174 g/mol. The molecule has 0 spiro atoms. The minimum absolute atomic E-state index is 0.00468. The predicted molar refractivity (Wildman–Crippen MR) is 45.8 cm³/mol. The fourth-order valence-corrected chi connectivity index (χ4v) is 1.71. The number of hydrogen-bond acceptors (Lipinski definition) is 3. The molecule has 1 rings (SSSR count). The molecule has 1 aliphatic heterocycles. The van der Waals surface area contributed by atoms with Gasteiger partial charge in [-0.25, -0.2) is 0 Å². The quantitative estimate of drug-likeness (QED) is 0.605. The average Bonchev–Trinajstić information content (AvgIpc) is 2.08. The van der Waals surface area contributed by atoms with Gasteiger partial charge >= 0.3 is 0 Å². The van der Waals surface area contributed by atoms with E-state index in [-0.39, 0.29) is 36.8 Å². The molecule has 1 fully saturated rings. The maximum absolute atomic E-state index is 9.73. The lowest BCUT2D eigenvalue weighted by molar-refractivity contribution is -0.168. The second kappa shape index (κ2) is 3.73. The summed E-state index contributed by atoms with van der Waals surface area (Å²) < 4.78 is 5.52. The summed E-state index contributed by atoms with van der Waals surface area (Å²) in [6, 6.07) is 0. The molecular weight excluding hydrogens is 156 g/mol. The van der Waals surface area contributed by atoms with Crippen molar-refractivity contribution in [3.63, 3.8) is 0 Å². The van der Waals surface area contributed by atoms with E-state index in [1.54, 1.807) is 0 Å². The van der Waals surface area contributed by atoms with Gasteiger partial charge in [0.15, 0.2) is 0 Å². The lowest BCUT2D eigenvalue weighted by Crippen LogP contribution is -2.49. The Morgan fingerprint density at radius 3 is 2.25 bits per heavy atom. The molecule has 0 aromatic rings. The minimum atomic E-state index is -0.356. The van der Waals surface area contributed by atoms with Crippen molar-refractivity contribution in [1.29, 1.82) is 0 Å². The lowest BCUT2D eigenvalue weighted by atomic mass is 9.83. The monoisotopic (exact) mass is 174 g/mol. The molecule has 0 aromatic carbocycles. The Kier molecular flexibility index (Phi) is 3.09. The van der Waals surface area contributed by atoms with Crippen molar-refractivity contribution in [3.05, 3.63) is 0 Å². The summed E-state index contributed by atoms with van der Waals surface area (Å²) in [5.74, 6) is 0.184. The van der Waals surface area contributed by atoms with Gasteiger partial charge in [-0.05, 0) is 6.92 Å². The van der Waals surface area contributed by atoms with Crippen molar-refractivity contribution < 1.29 is 14.9 Å². The first-order valence-corrected chi connectivity index (χ1v) is 4.52. The molecule has 0 radical (unpaired) electrons. The van der Waals surface area contributed by atoms with Crippen LogP contribution in [0.4, 0.5) is 0 Å². The number of aliphatic hydroxyl groups excluding tert-OH is 2. The molecule has 3 nitrogen and oxygen atoms in total. The number of aliphatic hydroxyl groups is 2. The van der Waals surface area contributed by atoms with Crippen molar-refractivity contribution in [2.45, 2.75) is 39.1 Å². The summed E-state index contributed by atoms with van der Waals surface area (Å²) in [5.41, 5.74) is 0. The number of rotatable bonds is 1. The van der Waals surface area contributed by atoms with Crippen LogP contribution in [-0.2, 0) is 4.74 Å². The van der Waals surface area contributed by atoms with Gasteiger partial charge in [-0.3, -0.25) is 0 Å². The molecule has 2 N–H and O–H groups in total. The van der Waals surface area contributed by atoms with Crippen LogP contribution >= 0.6 is 0 Å². The van der Waals surface area contributed by atoms with Gasteiger partial charge in [-0.15, -0.1) is 0 Å². The molecule has 1 aliphatic rings. The number of hydrogen-bond donors (Lipinski definition) is 2. The van der Waals surface area contributed by atoms with Gasteiger partial charge in [-0.1, -0.05) is 13.8 Å². The summed E-state index contributed by atoms with van der Waals surface area (Å²) in [6.07, 6.45) is -0.523. The SMILES string of the molecule is CC1OC(CO)C(C)C(O)C1C. The Morgan fingerprint density at radius 1 is 1.17 bits per heavy atom. The van der Waals surface area contributed by atoms with Crippen LogP contribution in [-0.4, -0.2) is 35.1 Å². The molecule has 0 aromatic heterocycles. The zero-order chi connectivity index (χ0) is 9.30. The summed E-state index contributed by atoms with van der Waals surface area (Å²) in [5, 5.41) is 18.7. The molecule has 72 valence electrons. The van der Waals surface area contributed by atoms with Gasteiger partial charge in [-0.2, -0.15) is 0 Å². The van der Waals surface area contributed by atoms with Gasteiger partial charge in [0, 0.05) is 11.8 Å². The van der Waals surface area contributed by atoms with Gasteiger partial charge in [0.2, 0.25) is 0 Å². The topological polar surface area (TPSA) is 49.7 Å². The zero-order valence-electron chi connectivity index (χ0n) is 7.90. The first kappa shape index (κ1) is 9.96. The molecule has 3 heteroatoms. The number of ether oxygens (including phenoxy) is 1. The van der Waals surface area contributed by atoms with E-state index in [9.17, 15) is 5.11 Å². The largest absolute Gasteiger partial charge is 0.394 e. The zero-order valence-corrected chi connectivity index (χ0v) is 7.90. The Morgan fingerprint density at radius 2 is 1.75 bits per heavy atom. The molecule has 0 bridgehead atoms. The second-order valence-electron chi connectivity index (χ2n) is 3.77. The van der Waals surface area contributed by atoms with E-state index < -0.39 is 0 Å². The Labute approximate surface area is 73.4 Å². The highest BCUT2D eigenvalue weighted by Gasteiger charge is 2.37. The van der Waals surface area contributed by atoms with E-state index >= 15 is 0 Å². The van der Waals surface area contributed by atoms with Crippen molar-refractivity contribution in [2.24, 2.45) is 11.8 Å². The normalized spacial score (nSPS) is 49.2. The molecule has 5 unspecified atom stereocenters. The van der Waals surface area contributed by atoms with Crippen molar-refractivity contribution >= 4 is 0 Å². The van der Waals surface area contributed by atoms with Gasteiger partial charge < -0.3 is 14.9 Å². The van der Waals surface area contributed by atoms with Crippen LogP contribution in [0.5, 0.6) is 0 Å². The third-order valence-electron chi connectivity index (χ3n) is 2.97. The highest BCUT2D eigenvalue weighted by Crippen LogP contribution is 2.29. The summed E-state index contributed by atoms with van der Waals surface area (Å²) >= 11 is 0. The Bertz CT molecular complexity index is 144. The molecular formula is C9H18O3. The maximum atomic E-state index is 9.73. The molecule has 0 saturated carbocycles. The van der Waals surface area contributed by atoms with Crippen LogP contribution in [0.1, 0.15) is 20.8 Å². The minimum Gasteiger partial charge on any atom is -0.394 e. The first-order chi connectivity index (χ1) is 5.57. The van der Waals surface area contributed by atoms with Crippen LogP contribution in [0.15, 0.2) is 0 Å². The van der Waals surface area contributed by atoms with E-state index in [0.29, 0.717) is 0 Å². The highest BCUT2D eigenvalue weighted by molar-refractivity contribution is 4.85. The summed E-state index contributed by atoms with van der Waals surface area (Å²) in [6.45, 7) is 5.81. The van der Waals surface area contributed by atoms with Gasteiger partial charge in [0.1, 0.15) is 0 Å². The van der Waals surface area contributed by atoms with Crippen molar-refractivity contribution in [2.75, 3.05) is 6.61 Å². The summed E-state index contributed by atoms with van der Waals surface area (Å²) in [4.78, 5) is 0. The van der Waals surface area contributed by atoms with Crippen LogP contribution in [0.3, 0.4) is 0 Å². The maximum Gasteiger partial charge on any atom is 0.0859 e. The molecule has 5 atom stereocenters. The van der Waals surface area contributed by atoms with Crippen LogP contribution in [0, 0.1) is 11.8 Å². The Balaban J connectivity index is 2.63. The molecule has 0 amide bonds. The van der Waals surface area contributed by atoms with E-state index in [1.165, 1.54) is 0 Å². The van der Waals surface area contributed by atoms with E-state index in [0.717, 1.165) is 0 Å². The lowest BCUT2D eigenvalue weighted by Gasteiger charge is -2.40. The van der Waals surface area contributed by atoms with Crippen molar-refractivity contribution in [3.8, 4) is 0 Å². The molecule has 1 saturated heterocycles. The molecule has 1 heterocycles. The molecule has 0 aliphatic carbocycles. The molecule has 12 heavy (non-hydrogen) atoms. The Hall–Kier alpha value is -0.120. The fourth-order valence-electron chi connectivity index (χ4n) is 1.71. The van der Waals surface area contributed by atoms with Crippen LogP contribution < -0.4 is 0 Å². The third-order valence-corrected chi connectivity index (χ3v) is 2.97. The smallest absolute Gasteiger partial charge is 0.0859 e. The highest BCUT2D eigenvalue weighted by atomic mass is 16.5. The standard InChI is InChI=1S/C9H18O3/c1-5-7(3)12-8(4-10)6(2)9(5)11/h5-11H,4H2,1-3H3. The van der Waals surface area contributed by atoms with Crippen molar-refractivity contribution in [1.82, 2.24) is 0 Å². The summed E-state index contributed by atoms with van der Waals surface area (Å²) in [7, 11) is 0. The van der Waals surface area contributed by atoms with E-state index in [4.69, 9.17) is 9.84 Å². The first-order valence-electron chi connectivity index (χ1n) is 4.52. The van der Waals surface area contributed by atoms with Gasteiger partial charge in [0.05, 0.1) is 24.9 Å².